The number of hydrogen-bond donors (Lipinski definition) is 1. The largest absolute Gasteiger partial charge is 0.308 e. The van der Waals surface area contributed by atoms with Gasteiger partial charge in [-0.3, -0.25) is 0 Å². The number of aromatic nitrogens is 3. The van der Waals surface area contributed by atoms with Crippen molar-refractivity contribution in [2.24, 2.45) is 0 Å². The summed E-state index contributed by atoms with van der Waals surface area (Å²) in [6.07, 6.45) is 1.65. The smallest absolute Gasteiger partial charge is 0.128 e. The second kappa shape index (κ2) is 5.85. The van der Waals surface area contributed by atoms with Crippen molar-refractivity contribution in [3.63, 3.8) is 0 Å². The molecule has 4 nitrogen and oxygen atoms in total. The fourth-order valence-corrected chi connectivity index (χ4v) is 2.26. The van der Waals surface area contributed by atoms with Crippen molar-refractivity contribution < 1.29 is 4.39 Å². The minimum atomic E-state index is -0.330. The van der Waals surface area contributed by atoms with E-state index in [1.54, 1.807) is 30.2 Å². The number of para-hydroxylation sites is 1. The topological polar surface area (TPSA) is 42.7 Å². The van der Waals surface area contributed by atoms with E-state index in [1.165, 1.54) is 6.07 Å². The highest BCUT2D eigenvalue weighted by Crippen LogP contribution is 2.22. The van der Waals surface area contributed by atoms with Crippen LogP contribution in [0.3, 0.4) is 0 Å². The maximum atomic E-state index is 13.9. The van der Waals surface area contributed by atoms with E-state index in [4.69, 9.17) is 0 Å². The van der Waals surface area contributed by atoms with Crippen LogP contribution in [0.1, 0.15) is 17.3 Å². The molecule has 0 radical (unpaired) electrons. The number of hydrogen-bond acceptors (Lipinski definition) is 3. The van der Waals surface area contributed by atoms with Gasteiger partial charge in [-0.1, -0.05) is 36.4 Å². The Morgan fingerprint density at radius 1 is 1.05 bits per heavy atom. The lowest BCUT2D eigenvalue weighted by Crippen LogP contribution is -2.19. The average molecular weight is 282 g/mol. The van der Waals surface area contributed by atoms with Gasteiger partial charge in [0.2, 0.25) is 0 Å². The molecule has 0 aliphatic heterocycles. The van der Waals surface area contributed by atoms with E-state index in [9.17, 15) is 4.39 Å². The molecule has 0 aliphatic rings. The van der Waals surface area contributed by atoms with E-state index in [0.717, 1.165) is 5.69 Å². The summed E-state index contributed by atoms with van der Waals surface area (Å²) in [6, 6.07) is 16.0. The molecule has 0 bridgehead atoms. The average Bonchev–Trinajstić information content (AvgIpc) is 3.00. The molecular formula is C16H15FN4. The molecule has 0 saturated carbocycles. The van der Waals surface area contributed by atoms with Gasteiger partial charge in [0.1, 0.15) is 11.5 Å². The summed E-state index contributed by atoms with van der Waals surface area (Å²) in [5, 5.41) is 11.8. The first-order chi connectivity index (χ1) is 10.3. The molecule has 1 atom stereocenters. The van der Waals surface area contributed by atoms with E-state index >= 15 is 0 Å². The fourth-order valence-electron chi connectivity index (χ4n) is 2.26. The van der Waals surface area contributed by atoms with Crippen LogP contribution >= 0.6 is 0 Å². The summed E-state index contributed by atoms with van der Waals surface area (Å²) < 4.78 is 13.9. The van der Waals surface area contributed by atoms with Gasteiger partial charge >= 0.3 is 0 Å². The van der Waals surface area contributed by atoms with E-state index in [0.29, 0.717) is 11.3 Å². The standard InChI is InChI=1S/C16H15FN4/c1-18-16(13-9-5-6-10-14(13)17)15-11-19-21(20-15)12-7-3-2-4-8-12/h2-11,16,18H,1H3. The van der Waals surface area contributed by atoms with Crippen LogP contribution in [0.2, 0.25) is 0 Å². The molecule has 1 unspecified atom stereocenters. The van der Waals surface area contributed by atoms with Crippen LogP contribution in [-0.4, -0.2) is 22.0 Å². The van der Waals surface area contributed by atoms with Crippen LogP contribution in [0.25, 0.3) is 5.69 Å². The Balaban J connectivity index is 1.96. The highest BCUT2D eigenvalue weighted by atomic mass is 19.1. The van der Waals surface area contributed by atoms with Gasteiger partial charge in [0.25, 0.3) is 0 Å². The zero-order valence-electron chi connectivity index (χ0n) is 11.6. The van der Waals surface area contributed by atoms with Gasteiger partial charge in [-0.05, 0) is 25.2 Å². The van der Waals surface area contributed by atoms with Crippen molar-refractivity contribution >= 4 is 0 Å². The third kappa shape index (κ3) is 2.68. The molecule has 3 aromatic rings. The minimum absolute atomic E-state index is 0.258. The summed E-state index contributed by atoms with van der Waals surface area (Å²) in [7, 11) is 1.78. The van der Waals surface area contributed by atoms with Crippen molar-refractivity contribution in [3.05, 3.63) is 77.9 Å². The van der Waals surface area contributed by atoms with Gasteiger partial charge in [-0.15, -0.1) is 0 Å². The van der Waals surface area contributed by atoms with Gasteiger partial charge in [0, 0.05) is 5.56 Å². The normalized spacial score (nSPS) is 12.3. The molecule has 0 saturated heterocycles. The number of nitrogens with zero attached hydrogens (tertiary/aromatic N) is 3. The highest BCUT2D eigenvalue weighted by Gasteiger charge is 2.19. The van der Waals surface area contributed by atoms with E-state index in [2.05, 4.69) is 15.5 Å². The van der Waals surface area contributed by atoms with Gasteiger partial charge in [0.15, 0.2) is 0 Å². The monoisotopic (exact) mass is 282 g/mol. The van der Waals surface area contributed by atoms with Gasteiger partial charge < -0.3 is 5.32 Å². The number of nitrogens with one attached hydrogen (secondary N) is 1. The maximum absolute atomic E-state index is 13.9. The Morgan fingerprint density at radius 3 is 2.48 bits per heavy atom. The molecule has 1 aromatic heterocycles. The predicted molar refractivity (Wildman–Crippen MR) is 78.7 cm³/mol. The quantitative estimate of drug-likeness (QED) is 0.800. The second-order valence-electron chi connectivity index (χ2n) is 4.64. The van der Waals surface area contributed by atoms with Gasteiger partial charge in [0.05, 0.1) is 17.9 Å². The zero-order chi connectivity index (χ0) is 14.7. The molecule has 0 aliphatic carbocycles. The molecule has 2 aromatic carbocycles. The predicted octanol–water partition coefficient (Wildman–Crippen LogP) is 2.72. The third-order valence-corrected chi connectivity index (χ3v) is 3.30. The van der Waals surface area contributed by atoms with Crippen LogP contribution in [0.5, 0.6) is 0 Å². The van der Waals surface area contributed by atoms with Crippen LogP contribution in [0.15, 0.2) is 60.8 Å². The minimum Gasteiger partial charge on any atom is -0.308 e. The van der Waals surface area contributed by atoms with Crippen LogP contribution in [0.4, 0.5) is 4.39 Å². The molecule has 1 heterocycles. The Labute approximate surface area is 122 Å². The van der Waals surface area contributed by atoms with Crippen molar-refractivity contribution in [1.82, 2.24) is 20.3 Å². The van der Waals surface area contributed by atoms with E-state index in [1.807, 2.05) is 36.4 Å². The molecular weight excluding hydrogens is 267 g/mol. The molecule has 106 valence electrons. The molecule has 0 spiro atoms. The Kier molecular flexibility index (Phi) is 3.75. The van der Waals surface area contributed by atoms with Crippen molar-refractivity contribution in [2.75, 3.05) is 7.05 Å². The van der Waals surface area contributed by atoms with Gasteiger partial charge in [-0.2, -0.15) is 15.0 Å². The fraction of sp³-hybridized carbons (Fsp3) is 0.125. The number of rotatable bonds is 4. The third-order valence-electron chi connectivity index (χ3n) is 3.30. The first-order valence-corrected chi connectivity index (χ1v) is 6.69. The lowest BCUT2D eigenvalue weighted by atomic mass is 10.0. The van der Waals surface area contributed by atoms with Crippen LogP contribution in [0, 0.1) is 5.82 Å². The zero-order valence-corrected chi connectivity index (χ0v) is 11.6. The van der Waals surface area contributed by atoms with Gasteiger partial charge in [-0.25, -0.2) is 4.39 Å². The van der Waals surface area contributed by atoms with Crippen molar-refractivity contribution in [3.8, 4) is 5.69 Å². The lowest BCUT2D eigenvalue weighted by molar-refractivity contribution is 0.567. The highest BCUT2D eigenvalue weighted by molar-refractivity contribution is 5.31. The first-order valence-electron chi connectivity index (χ1n) is 6.69. The van der Waals surface area contributed by atoms with E-state index < -0.39 is 0 Å². The summed E-state index contributed by atoms with van der Waals surface area (Å²) in [4.78, 5) is 1.54. The lowest BCUT2D eigenvalue weighted by Gasteiger charge is -2.14. The Hall–Kier alpha value is -2.53. The van der Waals surface area contributed by atoms with Crippen LogP contribution in [-0.2, 0) is 0 Å². The molecule has 5 heteroatoms. The Bertz CT molecular complexity index is 724. The summed E-state index contributed by atoms with van der Waals surface area (Å²) in [5.41, 5.74) is 2.10. The molecule has 3 rings (SSSR count). The van der Waals surface area contributed by atoms with E-state index in [-0.39, 0.29) is 11.9 Å². The Morgan fingerprint density at radius 2 is 1.76 bits per heavy atom. The number of benzene rings is 2. The van der Waals surface area contributed by atoms with Crippen molar-refractivity contribution in [1.29, 1.82) is 0 Å². The molecule has 21 heavy (non-hydrogen) atoms. The van der Waals surface area contributed by atoms with Crippen LogP contribution < -0.4 is 5.32 Å². The van der Waals surface area contributed by atoms with Crippen molar-refractivity contribution in [2.45, 2.75) is 6.04 Å². The molecule has 0 amide bonds. The second-order valence-corrected chi connectivity index (χ2v) is 4.64. The summed E-state index contributed by atoms with van der Waals surface area (Å²) >= 11 is 0. The SMILES string of the molecule is CNC(c1cnn(-c2ccccc2)n1)c1ccccc1F. The first kappa shape index (κ1) is 13.5. The number of halogens is 1. The summed E-state index contributed by atoms with van der Waals surface area (Å²) in [6.45, 7) is 0. The maximum Gasteiger partial charge on any atom is 0.128 e. The summed E-state index contributed by atoms with van der Waals surface area (Å²) in [5.74, 6) is -0.258. The molecule has 0 fully saturated rings. The molecule has 1 N–H and O–H groups in total.